The Morgan fingerprint density at radius 3 is 2.50 bits per heavy atom. The summed E-state index contributed by atoms with van der Waals surface area (Å²) in [5.41, 5.74) is 3.19. The van der Waals surface area contributed by atoms with Crippen LogP contribution in [0.25, 0.3) is 0 Å². The van der Waals surface area contributed by atoms with Gasteiger partial charge in [-0.3, -0.25) is 9.59 Å². The summed E-state index contributed by atoms with van der Waals surface area (Å²) in [5.74, 6) is -1.08. The van der Waals surface area contributed by atoms with E-state index in [0.29, 0.717) is 11.4 Å². The second-order valence-corrected chi connectivity index (χ2v) is 4.05. The third-order valence-corrected chi connectivity index (χ3v) is 2.19. The molecule has 108 valence electrons. The van der Waals surface area contributed by atoms with Crippen molar-refractivity contribution in [2.24, 2.45) is 5.10 Å². The van der Waals surface area contributed by atoms with Gasteiger partial charge in [0.15, 0.2) is 0 Å². The van der Waals surface area contributed by atoms with Gasteiger partial charge in [0.2, 0.25) is 5.91 Å². The van der Waals surface area contributed by atoms with Crippen molar-refractivity contribution in [3.63, 3.8) is 0 Å². The van der Waals surface area contributed by atoms with E-state index in [1.807, 2.05) is 0 Å². The Kier molecular flexibility index (Phi) is 6.31. The fraction of sp³-hybridized carbons (Fsp3) is 0.308. The summed E-state index contributed by atoms with van der Waals surface area (Å²) in [7, 11) is 1.40. The number of hydrazone groups is 1. The molecule has 20 heavy (non-hydrogen) atoms. The molecule has 1 aromatic rings. The number of methoxy groups -OCH3 is 1. The van der Waals surface area contributed by atoms with Crippen molar-refractivity contribution in [1.82, 2.24) is 5.43 Å². The van der Waals surface area contributed by atoms with Crippen LogP contribution in [0, 0.1) is 5.82 Å². The fourth-order valence-corrected chi connectivity index (χ4v) is 1.33. The zero-order valence-electron chi connectivity index (χ0n) is 11.3. The van der Waals surface area contributed by atoms with E-state index in [1.165, 1.54) is 31.4 Å². The van der Waals surface area contributed by atoms with Crippen molar-refractivity contribution < 1.29 is 18.7 Å². The first-order chi connectivity index (χ1) is 9.51. The third kappa shape index (κ3) is 6.05. The number of hydrogen-bond donors (Lipinski definition) is 2. The summed E-state index contributed by atoms with van der Waals surface area (Å²) in [6.45, 7) is 1.51. The summed E-state index contributed by atoms with van der Waals surface area (Å²) >= 11 is 0. The van der Waals surface area contributed by atoms with Gasteiger partial charge in [-0.1, -0.05) is 0 Å². The molecule has 0 heterocycles. The highest BCUT2D eigenvalue weighted by molar-refractivity contribution is 6.05. The molecule has 0 radical (unpaired) electrons. The highest BCUT2D eigenvalue weighted by Crippen LogP contribution is 2.08. The molecular weight excluding hydrogens is 265 g/mol. The molecule has 0 aromatic heterocycles. The van der Waals surface area contributed by atoms with Gasteiger partial charge in [-0.2, -0.15) is 5.10 Å². The number of benzene rings is 1. The summed E-state index contributed by atoms with van der Waals surface area (Å²) in [6.07, 6.45) is 0.0185. The Bertz CT molecular complexity index is 500. The molecule has 0 aliphatic rings. The molecule has 6 nitrogen and oxygen atoms in total. The van der Waals surface area contributed by atoms with E-state index in [2.05, 4.69) is 20.6 Å². The first kappa shape index (κ1) is 15.8. The Morgan fingerprint density at radius 1 is 1.25 bits per heavy atom. The minimum atomic E-state index is -0.397. The second-order valence-electron chi connectivity index (χ2n) is 4.05. The molecule has 0 bridgehead atoms. The number of nitrogens with one attached hydrogen (secondary N) is 2. The number of nitrogens with zero attached hydrogens (tertiary/aromatic N) is 1. The van der Waals surface area contributed by atoms with Crippen LogP contribution >= 0.6 is 0 Å². The number of halogens is 1. The topological polar surface area (TPSA) is 79.8 Å². The number of hydrogen-bond acceptors (Lipinski definition) is 4. The first-order valence-corrected chi connectivity index (χ1v) is 5.87. The van der Waals surface area contributed by atoms with E-state index < -0.39 is 5.91 Å². The largest absolute Gasteiger partial charge is 0.375 e. The number of carbonyl (C=O) groups excluding carboxylic acids is 2. The van der Waals surface area contributed by atoms with Gasteiger partial charge in [0.1, 0.15) is 12.4 Å². The van der Waals surface area contributed by atoms with Gasteiger partial charge in [-0.25, -0.2) is 9.82 Å². The van der Waals surface area contributed by atoms with E-state index in [0.717, 1.165) is 0 Å². The van der Waals surface area contributed by atoms with Gasteiger partial charge in [0.25, 0.3) is 5.91 Å². The van der Waals surface area contributed by atoms with Gasteiger partial charge in [-0.05, 0) is 31.2 Å². The first-order valence-electron chi connectivity index (χ1n) is 5.87. The van der Waals surface area contributed by atoms with Crippen molar-refractivity contribution >= 4 is 23.2 Å². The average molecular weight is 281 g/mol. The van der Waals surface area contributed by atoms with Crippen LogP contribution in [0.1, 0.15) is 13.3 Å². The quantitative estimate of drug-likeness (QED) is 0.609. The standard InChI is InChI=1S/C13H16FN3O3/c1-9(16-17-13(19)8-20-2)7-12(18)15-11-5-3-10(14)4-6-11/h3-6H,7-8H2,1-2H3,(H,15,18)(H,17,19). The van der Waals surface area contributed by atoms with Crippen molar-refractivity contribution in [3.05, 3.63) is 30.1 Å². The lowest BCUT2D eigenvalue weighted by atomic mass is 10.2. The molecule has 0 aliphatic carbocycles. The van der Waals surface area contributed by atoms with Crippen LogP contribution in [0.4, 0.5) is 10.1 Å². The van der Waals surface area contributed by atoms with E-state index in [9.17, 15) is 14.0 Å². The van der Waals surface area contributed by atoms with Gasteiger partial charge in [-0.15, -0.1) is 0 Å². The lowest BCUT2D eigenvalue weighted by Crippen LogP contribution is -2.24. The SMILES string of the molecule is COCC(=O)NN=C(C)CC(=O)Nc1ccc(F)cc1. The summed E-state index contributed by atoms with van der Waals surface area (Å²) in [4.78, 5) is 22.7. The monoisotopic (exact) mass is 281 g/mol. The fourth-order valence-electron chi connectivity index (χ4n) is 1.33. The smallest absolute Gasteiger partial charge is 0.266 e. The molecule has 0 saturated heterocycles. The lowest BCUT2D eigenvalue weighted by molar-refractivity contribution is -0.124. The van der Waals surface area contributed by atoms with Crippen LogP contribution < -0.4 is 10.7 Å². The summed E-state index contributed by atoms with van der Waals surface area (Å²) in [6, 6.07) is 5.42. The maximum atomic E-state index is 12.7. The van der Waals surface area contributed by atoms with Crippen LogP contribution in [0.15, 0.2) is 29.4 Å². The minimum Gasteiger partial charge on any atom is -0.375 e. The summed E-state index contributed by atoms with van der Waals surface area (Å²) in [5, 5.41) is 6.34. The van der Waals surface area contributed by atoms with E-state index >= 15 is 0 Å². The van der Waals surface area contributed by atoms with Crippen molar-refractivity contribution in [2.45, 2.75) is 13.3 Å². The highest BCUT2D eigenvalue weighted by atomic mass is 19.1. The average Bonchev–Trinajstić information content (AvgIpc) is 2.39. The molecule has 2 amide bonds. The Morgan fingerprint density at radius 2 is 1.90 bits per heavy atom. The van der Waals surface area contributed by atoms with Crippen molar-refractivity contribution in [1.29, 1.82) is 0 Å². The molecule has 2 N–H and O–H groups in total. The second kappa shape index (κ2) is 8.00. The maximum absolute atomic E-state index is 12.7. The molecular formula is C13H16FN3O3. The molecule has 0 fully saturated rings. The Balaban J connectivity index is 2.43. The molecule has 0 spiro atoms. The van der Waals surface area contributed by atoms with Crippen LogP contribution in [0.2, 0.25) is 0 Å². The minimum absolute atomic E-state index is 0.0185. The number of ether oxygens (including phenoxy) is 1. The van der Waals surface area contributed by atoms with Crippen molar-refractivity contribution in [3.8, 4) is 0 Å². The summed E-state index contributed by atoms with van der Waals surface area (Å²) < 4.78 is 17.3. The normalized spacial score (nSPS) is 11.1. The van der Waals surface area contributed by atoms with Gasteiger partial charge in [0.05, 0.1) is 6.42 Å². The van der Waals surface area contributed by atoms with Gasteiger partial charge >= 0.3 is 0 Å². The third-order valence-electron chi connectivity index (χ3n) is 2.19. The Labute approximate surface area is 116 Å². The predicted octanol–water partition coefficient (Wildman–Crippen LogP) is 1.29. The molecule has 0 unspecified atom stereocenters. The van der Waals surface area contributed by atoms with Crippen LogP contribution in [-0.2, 0) is 14.3 Å². The van der Waals surface area contributed by atoms with E-state index in [-0.39, 0.29) is 24.8 Å². The van der Waals surface area contributed by atoms with Gasteiger partial charge in [0, 0.05) is 18.5 Å². The molecule has 0 aliphatic heterocycles. The van der Waals surface area contributed by atoms with E-state index in [1.54, 1.807) is 6.92 Å². The van der Waals surface area contributed by atoms with Crippen LogP contribution in [0.5, 0.6) is 0 Å². The molecule has 0 saturated carbocycles. The van der Waals surface area contributed by atoms with Crippen LogP contribution in [0.3, 0.4) is 0 Å². The number of rotatable bonds is 6. The Hall–Kier alpha value is -2.28. The van der Waals surface area contributed by atoms with Crippen LogP contribution in [-0.4, -0.2) is 31.2 Å². The maximum Gasteiger partial charge on any atom is 0.266 e. The zero-order chi connectivity index (χ0) is 15.0. The predicted molar refractivity (Wildman–Crippen MR) is 72.8 cm³/mol. The van der Waals surface area contributed by atoms with E-state index in [4.69, 9.17) is 0 Å². The highest BCUT2D eigenvalue weighted by Gasteiger charge is 2.05. The van der Waals surface area contributed by atoms with Gasteiger partial charge < -0.3 is 10.1 Å². The molecule has 7 heteroatoms. The number of carbonyl (C=O) groups is 2. The molecule has 1 aromatic carbocycles. The lowest BCUT2D eigenvalue weighted by Gasteiger charge is -2.05. The zero-order valence-corrected chi connectivity index (χ0v) is 11.3. The number of amides is 2. The number of anilines is 1. The molecule has 1 rings (SSSR count). The molecule has 0 atom stereocenters. The van der Waals surface area contributed by atoms with Crippen molar-refractivity contribution in [2.75, 3.05) is 19.0 Å².